The highest BCUT2D eigenvalue weighted by atomic mass is 79.9. The van der Waals surface area contributed by atoms with Crippen LogP contribution in [0.15, 0.2) is 35.3 Å². The quantitative estimate of drug-likeness (QED) is 0.822. The van der Waals surface area contributed by atoms with Gasteiger partial charge in [0.15, 0.2) is 0 Å². The van der Waals surface area contributed by atoms with Crippen molar-refractivity contribution < 1.29 is 13.2 Å². The predicted molar refractivity (Wildman–Crippen MR) is 56.3 cm³/mol. The van der Waals surface area contributed by atoms with Gasteiger partial charge in [0, 0.05) is 10.5 Å². The Morgan fingerprint density at radius 1 is 1.40 bits per heavy atom. The van der Waals surface area contributed by atoms with Crippen LogP contribution >= 0.6 is 15.9 Å². The lowest BCUT2D eigenvalue weighted by Gasteiger charge is -2.13. The maximum atomic E-state index is 12.5. The highest BCUT2D eigenvalue weighted by Crippen LogP contribution is 2.36. The minimum atomic E-state index is -4.38. The van der Waals surface area contributed by atoms with E-state index in [2.05, 4.69) is 22.5 Å². The number of hydrogen-bond acceptors (Lipinski definition) is 1. The normalized spacial score (nSPS) is 13.7. The van der Waals surface area contributed by atoms with Gasteiger partial charge in [-0.05, 0) is 17.7 Å². The van der Waals surface area contributed by atoms with Gasteiger partial charge < -0.3 is 5.73 Å². The van der Waals surface area contributed by atoms with Gasteiger partial charge in [-0.15, -0.1) is 6.58 Å². The molecule has 0 aliphatic carbocycles. The fourth-order valence-electron chi connectivity index (χ4n) is 1.10. The van der Waals surface area contributed by atoms with Crippen molar-refractivity contribution in [2.75, 3.05) is 0 Å². The Morgan fingerprint density at radius 2 is 2.00 bits per heavy atom. The summed E-state index contributed by atoms with van der Waals surface area (Å²) in [6.07, 6.45) is -2.99. The van der Waals surface area contributed by atoms with Crippen LogP contribution in [0.4, 0.5) is 13.2 Å². The van der Waals surface area contributed by atoms with E-state index in [0.717, 1.165) is 6.07 Å². The summed E-state index contributed by atoms with van der Waals surface area (Å²) in [4.78, 5) is 0. The molecule has 0 spiro atoms. The molecule has 0 amide bonds. The summed E-state index contributed by atoms with van der Waals surface area (Å²) in [6, 6.07) is 3.31. The van der Waals surface area contributed by atoms with E-state index >= 15 is 0 Å². The Kier molecular flexibility index (Phi) is 3.57. The third-order valence-electron chi connectivity index (χ3n) is 1.93. The molecule has 1 unspecified atom stereocenters. The molecule has 0 aliphatic rings. The average molecular weight is 280 g/mol. The molecule has 1 nitrogen and oxygen atoms in total. The maximum absolute atomic E-state index is 12.5. The van der Waals surface area contributed by atoms with Crippen molar-refractivity contribution in [1.82, 2.24) is 0 Å². The lowest BCUT2D eigenvalue weighted by Crippen LogP contribution is -2.11. The van der Waals surface area contributed by atoms with Crippen LogP contribution in [0.5, 0.6) is 0 Å². The molecular weight excluding hydrogens is 271 g/mol. The van der Waals surface area contributed by atoms with Crippen LogP contribution in [-0.2, 0) is 6.18 Å². The number of alkyl halides is 3. The van der Waals surface area contributed by atoms with Gasteiger partial charge in [-0.25, -0.2) is 0 Å². The van der Waals surface area contributed by atoms with Crippen LogP contribution in [0, 0.1) is 0 Å². The molecule has 0 fully saturated rings. The van der Waals surface area contributed by atoms with Gasteiger partial charge in [-0.2, -0.15) is 13.2 Å². The molecule has 0 saturated heterocycles. The zero-order chi connectivity index (χ0) is 11.6. The van der Waals surface area contributed by atoms with Crippen LogP contribution in [0.2, 0.25) is 0 Å². The summed E-state index contributed by atoms with van der Waals surface area (Å²) in [5.41, 5.74) is 5.22. The molecule has 2 N–H and O–H groups in total. The molecule has 1 atom stereocenters. The van der Waals surface area contributed by atoms with Gasteiger partial charge in [-0.3, -0.25) is 0 Å². The number of benzene rings is 1. The van der Waals surface area contributed by atoms with Crippen molar-refractivity contribution in [3.8, 4) is 0 Å². The summed E-state index contributed by atoms with van der Waals surface area (Å²) in [7, 11) is 0. The molecular formula is C10H9BrF3N. The van der Waals surface area contributed by atoms with Crippen molar-refractivity contribution in [3.05, 3.63) is 46.5 Å². The van der Waals surface area contributed by atoms with E-state index in [1.54, 1.807) is 0 Å². The van der Waals surface area contributed by atoms with E-state index < -0.39 is 17.8 Å². The summed E-state index contributed by atoms with van der Waals surface area (Å²) in [6.45, 7) is 3.43. The van der Waals surface area contributed by atoms with Crippen molar-refractivity contribution in [1.29, 1.82) is 0 Å². The fourth-order valence-corrected chi connectivity index (χ4v) is 1.57. The molecule has 82 valence electrons. The molecule has 1 rings (SSSR count). The molecule has 5 heteroatoms. The molecule has 0 bridgehead atoms. The Bertz CT molecular complexity index is 373. The molecule has 0 aromatic heterocycles. The second-order valence-electron chi connectivity index (χ2n) is 3.00. The maximum Gasteiger partial charge on any atom is 0.417 e. The Morgan fingerprint density at radius 3 is 2.47 bits per heavy atom. The largest absolute Gasteiger partial charge is 0.417 e. The Hall–Kier alpha value is -0.810. The van der Waals surface area contributed by atoms with Gasteiger partial charge in [0.05, 0.1) is 5.56 Å². The van der Waals surface area contributed by atoms with E-state index in [-0.39, 0.29) is 4.47 Å². The number of hydrogen-bond donors (Lipinski definition) is 1. The SMILES string of the molecule is C=CC(N)c1ccc(Br)c(C(F)(F)F)c1. The summed E-state index contributed by atoms with van der Waals surface area (Å²) in [5, 5.41) is 0. The van der Waals surface area contributed by atoms with Crippen LogP contribution in [0.1, 0.15) is 17.2 Å². The van der Waals surface area contributed by atoms with E-state index in [1.807, 2.05) is 0 Å². The first-order valence-corrected chi connectivity index (χ1v) is 4.90. The number of nitrogens with two attached hydrogens (primary N) is 1. The first kappa shape index (κ1) is 12.3. The minimum absolute atomic E-state index is 0.00927. The van der Waals surface area contributed by atoms with E-state index in [1.165, 1.54) is 18.2 Å². The highest BCUT2D eigenvalue weighted by molar-refractivity contribution is 9.10. The topological polar surface area (TPSA) is 26.0 Å². The van der Waals surface area contributed by atoms with Crippen LogP contribution in [-0.4, -0.2) is 0 Å². The first-order valence-electron chi connectivity index (χ1n) is 4.11. The third kappa shape index (κ3) is 2.82. The zero-order valence-corrected chi connectivity index (χ0v) is 9.27. The summed E-state index contributed by atoms with van der Waals surface area (Å²) >= 11 is 2.85. The van der Waals surface area contributed by atoms with E-state index in [9.17, 15) is 13.2 Å². The third-order valence-corrected chi connectivity index (χ3v) is 2.63. The molecule has 1 aromatic carbocycles. The molecule has 15 heavy (non-hydrogen) atoms. The molecule has 0 heterocycles. The molecule has 1 aromatic rings. The van der Waals surface area contributed by atoms with Crippen LogP contribution in [0.25, 0.3) is 0 Å². The van der Waals surface area contributed by atoms with Gasteiger partial charge in [0.25, 0.3) is 0 Å². The van der Waals surface area contributed by atoms with Gasteiger partial charge in [0.2, 0.25) is 0 Å². The number of halogens is 4. The van der Waals surface area contributed by atoms with Gasteiger partial charge in [0.1, 0.15) is 0 Å². The standard InChI is InChI=1S/C10H9BrF3N/c1-2-9(15)6-3-4-8(11)7(5-6)10(12,13)14/h2-5,9H,1,15H2. The van der Waals surface area contributed by atoms with Crippen LogP contribution in [0.3, 0.4) is 0 Å². The van der Waals surface area contributed by atoms with Crippen molar-refractivity contribution >= 4 is 15.9 Å². The summed E-state index contributed by atoms with van der Waals surface area (Å²) in [5.74, 6) is 0. The van der Waals surface area contributed by atoms with Crippen molar-refractivity contribution in [3.63, 3.8) is 0 Å². The molecule has 0 radical (unpaired) electrons. The lowest BCUT2D eigenvalue weighted by molar-refractivity contribution is -0.138. The van der Waals surface area contributed by atoms with Crippen LogP contribution < -0.4 is 5.73 Å². The smallest absolute Gasteiger partial charge is 0.321 e. The van der Waals surface area contributed by atoms with Crippen molar-refractivity contribution in [2.24, 2.45) is 5.73 Å². The van der Waals surface area contributed by atoms with Gasteiger partial charge >= 0.3 is 6.18 Å². The lowest BCUT2D eigenvalue weighted by atomic mass is 10.0. The Balaban J connectivity index is 3.22. The Labute approximate surface area is 93.9 Å². The second-order valence-corrected chi connectivity index (χ2v) is 3.85. The second kappa shape index (κ2) is 4.37. The fraction of sp³-hybridized carbons (Fsp3) is 0.200. The highest BCUT2D eigenvalue weighted by Gasteiger charge is 2.33. The van der Waals surface area contributed by atoms with E-state index in [0.29, 0.717) is 5.56 Å². The molecule has 0 saturated carbocycles. The monoisotopic (exact) mass is 279 g/mol. The molecule has 0 aliphatic heterocycles. The minimum Gasteiger partial charge on any atom is -0.321 e. The predicted octanol–water partition coefficient (Wildman–Crippen LogP) is 3.65. The van der Waals surface area contributed by atoms with E-state index in [4.69, 9.17) is 5.73 Å². The first-order chi connectivity index (χ1) is 6.86. The van der Waals surface area contributed by atoms with Gasteiger partial charge in [-0.1, -0.05) is 28.1 Å². The average Bonchev–Trinajstić information content (AvgIpc) is 2.15. The zero-order valence-electron chi connectivity index (χ0n) is 7.68. The summed E-state index contributed by atoms with van der Waals surface area (Å²) < 4.78 is 37.5. The van der Waals surface area contributed by atoms with Crippen molar-refractivity contribution in [2.45, 2.75) is 12.2 Å². The number of rotatable bonds is 2.